The molecule has 134 valence electrons. The molecule has 0 saturated heterocycles. The van der Waals surface area contributed by atoms with Gasteiger partial charge in [-0.25, -0.2) is 4.68 Å². The smallest absolute Gasteiger partial charge is 0.276 e. The number of anilines is 1. The third kappa shape index (κ3) is 2.84. The number of nitrogens with two attached hydrogens (primary N) is 1. The maximum absolute atomic E-state index is 13.1. The maximum Gasteiger partial charge on any atom is 0.276 e. The van der Waals surface area contributed by atoms with Gasteiger partial charge in [0.05, 0.1) is 11.3 Å². The van der Waals surface area contributed by atoms with Gasteiger partial charge in [-0.15, -0.1) is 0 Å². The van der Waals surface area contributed by atoms with Crippen LogP contribution in [0.3, 0.4) is 0 Å². The molecule has 26 heavy (non-hydrogen) atoms. The average molecular weight is 348 g/mol. The second-order valence-corrected chi connectivity index (χ2v) is 7.03. The van der Waals surface area contributed by atoms with Crippen molar-refractivity contribution in [3.05, 3.63) is 81.3 Å². The Labute approximate surface area is 153 Å². The zero-order valence-electron chi connectivity index (χ0n) is 15.3. The predicted octanol–water partition coefficient (Wildman–Crippen LogP) is 2.62. The Kier molecular flexibility index (Phi) is 4.17. The van der Waals surface area contributed by atoms with Gasteiger partial charge in [0.2, 0.25) is 0 Å². The van der Waals surface area contributed by atoms with Crippen LogP contribution in [-0.2, 0) is 26.6 Å². The molecule has 0 fully saturated rings. The zero-order chi connectivity index (χ0) is 18.3. The van der Waals surface area contributed by atoms with E-state index in [9.17, 15) is 4.79 Å². The molecule has 4 rings (SSSR count). The van der Waals surface area contributed by atoms with E-state index >= 15 is 0 Å². The van der Waals surface area contributed by atoms with Crippen LogP contribution in [0, 0.1) is 6.92 Å². The molecule has 0 unspecified atom stereocenters. The van der Waals surface area contributed by atoms with Crippen molar-refractivity contribution in [1.29, 1.82) is 0 Å². The fourth-order valence-electron chi connectivity index (χ4n) is 3.80. The largest absolute Gasteiger partial charge is 0.399 e. The SMILES string of the molecule is Cc1c(CN2CCc3cc(N)ccc3C2)c(=O)n(-c2ccccc2)n1C. The number of hydrogen-bond acceptors (Lipinski definition) is 3. The fourth-order valence-corrected chi connectivity index (χ4v) is 3.80. The molecule has 0 saturated carbocycles. The Morgan fingerprint density at radius 3 is 2.62 bits per heavy atom. The average Bonchev–Trinajstić information content (AvgIpc) is 2.86. The molecular weight excluding hydrogens is 324 g/mol. The van der Waals surface area contributed by atoms with E-state index in [0.717, 1.165) is 42.1 Å². The molecule has 5 nitrogen and oxygen atoms in total. The molecule has 0 radical (unpaired) electrons. The highest BCUT2D eigenvalue weighted by atomic mass is 16.1. The van der Waals surface area contributed by atoms with Crippen molar-refractivity contribution in [2.45, 2.75) is 26.4 Å². The standard InChI is InChI=1S/C21H24N4O/c1-15-20(21(26)25(23(15)2)19-6-4-3-5-7-19)14-24-11-10-16-12-18(22)9-8-17(16)13-24/h3-9,12H,10-11,13-14,22H2,1-2H3. The van der Waals surface area contributed by atoms with Gasteiger partial charge >= 0.3 is 0 Å². The molecule has 0 atom stereocenters. The lowest BCUT2D eigenvalue weighted by molar-refractivity contribution is 0.244. The van der Waals surface area contributed by atoms with Crippen molar-refractivity contribution in [2.75, 3.05) is 12.3 Å². The number of rotatable bonds is 3. The summed E-state index contributed by atoms with van der Waals surface area (Å²) in [4.78, 5) is 15.4. The first-order chi connectivity index (χ1) is 12.5. The molecule has 1 aliphatic heterocycles. The van der Waals surface area contributed by atoms with E-state index in [0.29, 0.717) is 6.54 Å². The summed E-state index contributed by atoms with van der Waals surface area (Å²) >= 11 is 0. The summed E-state index contributed by atoms with van der Waals surface area (Å²) in [6, 6.07) is 15.9. The van der Waals surface area contributed by atoms with Crippen molar-refractivity contribution in [1.82, 2.24) is 14.3 Å². The number of benzene rings is 2. The highest BCUT2D eigenvalue weighted by Gasteiger charge is 2.21. The first kappa shape index (κ1) is 16.7. The second kappa shape index (κ2) is 6.50. The highest BCUT2D eigenvalue weighted by Crippen LogP contribution is 2.23. The fraction of sp³-hybridized carbons (Fsp3) is 0.286. The van der Waals surface area contributed by atoms with E-state index in [4.69, 9.17) is 5.73 Å². The van der Waals surface area contributed by atoms with E-state index in [-0.39, 0.29) is 5.56 Å². The molecule has 0 bridgehead atoms. The summed E-state index contributed by atoms with van der Waals surface area (Å²) in [7, 11) is 1.95. The van der Waals surface area contributed by atoms with E-state index < -0.39 is 0 Å². The first-order valence-electron chi connectivity index (χ1n) is 8.97. The Balaban J connectivity index is 1.64. The summed E-state index contributed by atoms with van der Waals surface area (Å²) < 4.78 is 3.70. The lowest BCUT2D eigenvalue weighted by Gasteiger charge is -2.28. The summed E-state index contributed by atoms with van der Waals surface area (Å²) in [6.07, 6.45) is 0.971. The predicted molar refractivity (Wildman–Crippen MR) is 104 cm³/mol. The van der Waals surface area contributed by atoms with Crippen molar-refractivity contribution >= 4 is 5.69 Å². The van der Waals surface area contributed by atoms with Crippen LogP contribution in [0.1, 0.15) is 22.4 Å². The van der Waals surface area contributed by atoms with Crippen LogP contribution in [0.5, 0.6) is 0 Å². The number of nitrogens with zero attached hydrogens (tertiary/aromatic N) is 3. The highest BCUT2D eigenvalue weighted by molar-refractivity contribution is 5.45. The Hall–Kier alpha value is -2.79. The number of nitrogen functional groups attached to an aromatic ring is 1. The number of fused-ring (bicyclic) bond motifs is 1. The van der Waals surface area contributed by atoms with Crippen LogP contribution in [0.2, 0.25) is 0 Å². The summed E-state index contributed by atoms with van der Waals surface area (Å²) in [5.74, 6) is 0. The van der Waals surface area contributed by atoms with Gasteiger partial charge < -0.3 is 5.73 Å². The molecule has 3 aromatic rings. The molecule has 2 heterocycles. The van der Waals surface area contributed by atoms with Gasteiger partial charge in [0.15, 0.2) is 0 Å². The number of hydrogen-bond donors (Lipinski definition) is 1. The molecule has 2 aromatic carbocycles. The molecule has 0 aliphatic carbocycles. The van der Waals surface area contributed by atoms with Gasteiger partial charge in [0, 0.05) is 38.1 Å². The lowest BCUT2D eigenvalue weighted by atomic mass is 9.99. The number of aromatic nitrogens is 2. The maximum atomic E-state index is 13.1. The first-order valence-corrected chi connectivity index (χ1v) is 8.97. The van der Waals surface area contributed by atoms with Crippen LogP contribution in [0.15, 0.2) is 53.3 Å². The quantitative estimate of drug-likeness (QED) is 0.740. The summed E-state index contributed by atoms with van der Waals surface area (Å²) in [5.41, 5.74) is 12.2. The molecule has 0 amide bonds. The van der Waals surface area contributed by atoms with Crippen molar-refractivity contribution in [3.63, 3.8) is 0 Å². The van der Waals surface area contributed by atoms with E-state index in [1.54, 1.807) is 4.68 Å². The van der Waals surface area contributed by atoms with Gasteiger partial charge in [-0.05, 0) is 48.7 Å². The summed E-state index contributed by atoms with van der Waals surface area (Å²) in [5, 5.41) is 0. The van der Waals surface area contributed by atoms with Gasteiger partial charge in [-0.2, -0.15) is 0 Å². The van der Waals surface area contributed by atoms with Gasteiger partial charge in [0.25, 0.3) is 5.56 Å². The Morgan fingerprint density at radius 1 is 1.08 bits per heavy atom. The van der Waals surface area contributed by atoms with Crippen molar-refractivity contribution < 1.29 is 0 Å². The molecule has 1 aromatic heterocycles. The van der Waals surface area contributed by atoms with Gasteiger partial charge in [-0.1, -0.05) is 24.3 Å². The minimum absolute atomic E-state index is 0.0688. The van der Waals surface area contributed by atoms with Crippen LogP contribution >= 0.6 is 0 Å². The second-order valence-electron chi connectivity index (χ2n) is 7.03. The zero-order valence-corrected chi connectivity index (χ0v) is 15.3. The Bertz CT molecular complexity index is 1000. The monoisotopic (exact) mass is 348 g/mol. The van der Waals surface area contributed by atoms with E-state index in [2.05, 4.69) is 17.0 Å². The van der Waals surface area contributed by atoms with E-state index in [1.165, 1.54) is 11.1 Å². The molecular formula is C21H24N4O. The van der Waals surface area contributed by atoms with Crippen LogP contribution in [-0.4, -0.2) is 20.8 Å². The van der Waals surface area contributed by atoms with Crippen LogP contribution in [0.4, 0.5) is 5.69 Å². The van der Waals surface area contributed by atoms with Gasteiger partial charge in [-0.3, -0.25) is 14.4 Å². The number of para-hydroxylation sites is 1. The third-order valence-electron chi connectivity index (χ3n) is 5.38. The van der Waals surface area contributed by atoms with Gasteiger partial charge in [0.1, 0.15) is 0 Å². The minimum Gasteiger partial charge on any atom is -0.399 e. The molecule has 0 spiro atoms. The van der Waals surface area contributed by atoms with Crippen LogP contribution in [0.25, 0.3) is 5.69 Å². The molecule has 5 heteroatoms. The van der Waals surface area contributed by atoms with Crippen molar-refractivity contribution in [3.8, 4) is 5.69 Å². The molecule has 1 aliphatic rings. The van der Waals surface area contributed by atoms with E-state index in [1.807, 2.05) is 55.1 Å². The summed E-state index contributed by atoms with van der Waals surface area (Å²) in [6.45, 7) is 4.49. The van der Waals surface area contributed by atoms with Crippen molar-refractivity contribution in [2.24, 2.45) is 7.05 Å². The molecule has 2 N–H and O–H groups in total. The topological polar surface area (TPSA) is 56.2 Å². The van der Waals surface area contributed by atoms with Crippen LogP contribution < -0.4 is 11.3 Å². The Morgan fingerprint density at radius 2 is 1.85 bits per heavy atom. The minimum atomic E-state index is 0.0688. The lowest BCUT2D eigenvalue weighted by Crippen LogP contribution is -2.32. The third-order valence-corrected chi connectivity index (χ3v) is 5.38. The normalized spacial score (nSPS) is 14.4.